The number of anilines is 1. The van der Waals surface area contributed by atoms with Gasteiger partial charge in [-0.25, -0.2) is 9.37 Å². The van der Waals surface area contributed by atoms with Gasteiger partial charge < -0.3 is 10.3 Å². The predicted octanol–water partition coefficient (Wildman–Crippen LogP) is 3.60. The quantitative estimate of drug-likeness (QED) is 0.933. The highest BCUT2D eigenvalue weighted by Crippen LogP contribution is 2.62. The minimum atomic E-state index is -0.442. The van der Waals surface area contributed by atoms with Crippen LogP contribution < -0.4 is 5.73 Å². The highest BCUT2D eigenvalue weighted by Gasteiger charge is 2.54. The fraction of sp³-hybridized carbons (Fsp3) is 0.500. The van der Waals surface area contributed by atoms with Crippen molar-refractivity contribution in [3.63, 3.8) is 0 Å². The molecule has 2 aromatic rings. The maximum atomic E-state index is 13.5. The topological polar surface area (TPSA) is 43.8 Å². The van der Waals surface area contributed by atoms with Gasteiger partial charge in [-0.2, -0.15) is 0 Å². The Labute approximate surface area is 115 Å². The lowest BCUT2D eigenvalue weighted by molar-refractivity contribution is 0.377. The fourth-order valence-corrected chi connectivity index (χ4v) is 3.33. The molecule has 5 heteroatoms. The summed E-state index contributed by atoms with van der Waals surface area (Å²) in [5.74, 6) is 0.867. The van der Waals surface area contributed by atoms with Gasteiger partial charge >= 0.3 is 0 Å². The van der Waals surface area contributed by atoms with E-state index in [0.29, 0.717) is 16.9 Å². The summed E-state index contributed by atoms with van der Waals surface area (Å²) < 4.78 is 15.5. The van der Waals surface area contributed by atoms with Crippen molar-refractivity contribution in [2.24, 2.45) is 11.3 Å². The van der Waals surface area contributed by atoms with Crippen LogP contribution in [0.3, 0.4) is 0 Å². The van der Waals surface area contributed by atoms with Crippen LogP contribution in [0.15, 0.2) is 12.1 Å². The normalized spacial score (nSPS) is 20.9. The number of rotatable bonds is 3. The third kappa shape index (κ3) is 1.73. The van der Waals surface area contributed by atoms with Crippen LogP contribution >= 0.6 is 11.6 Å². The lowest BCUT2D eigenvalue weighted by Crippen LogP contribution is -2.15. The minimum Gasteiger partial charge on any atom is -0.369 e. The molecule has 0 unspecified atom stereocenters. The predicted molar refractivity (Wildman–Crippen MR) is 73.5 cm³/mol. The second-order valence-electron chi connectivity index (χ2n) is 5.95. The Morgan fingerprint density at radius 3 is 2.79 bits per heavy atom. The van der Waals surface area contributed by atoms with Gasteiger partial charge in [0.15, 0.2) is 0 Å². The summed E-state index contributed by atoms with van der Waals surface area (Å²) in [6, 6.07) is 3.00. The standard InChI is InChI=1S/C14H15ClFN3/c15-9-5-12-11(6-10(9)16)18-13(17)19(12)7-14(3-4-14)8-1-2-8/h5-6,8H,1-4,7H2,(H2,17,18). The van der Waals surface area contributed by atoms with E-state index < -0.39 is 5.82 Å². The zero-order valence-electron chi connectivity index (χ0n) is 10.5. The van der Waals surface area contributed by atoms with E-state index in [1.54, 1.807) is 6.07 Å². The Balaban J connectivity index is 1.80. The van der Waals surface area contributed by atoms with E-state index >= 15 is 0 Å². The first kappa shape index (κ1) is 11.5. The van der Waals surface area contributed by atoms with E-state index in [4.69, 9.17) is 17.3 Å². The molecule has 1 aromatic heterocycles. The number of hydrogen-bond acceptors (Lipinski definition) is 2. The molecule has 3 nitrogen and oxygen atoms in total. The summed E-state index contributed by atoms with van der Waals surface area (Å²) in [5, 5.41) is 0.130. The summed E-state index contributed by atoms with van der Waals surface area (Å²) in [7, 11) is 0. The van der Waals surface area contributed by atoms with Crippen LogP contribution in [0.2, 0.25) is 5.02 Å². The van der Waals surface area contributed by atoms with Gasteiger partial charge in [-0.05, 0) is 43.1 Å². The highest BCUT2D eigenvalue weighted by molar-refractivity contribution is 6.31. The van der Waals surface area contributed by atoms with Gasteiger partial charge in [0.1, 0.15) is 5.82 Å². The molecule has 0 spiro atoms. The number of fused-ring (bicyclic) bond motifs is 1. The van der Waals surface area contributed by atoms with Crippen molar-refractivity contribution in [2.75, 3.05) is 5.73 Å². The average Bonchev–Trinajstić information content (AvgIpc) is 3.24. The van der Waals surface area contributed by atoms with Gasteiger partial charge in [-0.3, -0.25) is 0 Å². The molecule has 2 aliphatic carbocycles. The molecule has 2 fully saturated rings. The molecule has 1 aromatic carbocycles. The molecule has 0 radical (unpaired) electrons. The minimum absolute atomic E-state index is 0.130. The molecular weight excluding hydrogens is 265 g/mol. The molecule has 4 rings (SSSR count). The van der Waals surface area contributed by atoms with Gasteiger partial charge in [-0.1, -0.05) is 11.6 Å². The molecular formula is C14H15ClFN3. The second-order valence-corrected chi connectivity index (χ2v) is 6.36. The molecule has 2 aliphatic rings. The molecule has 0 amide bonds. The molecule has 0 saturated heterocycles. The van der Waals surface area contributed by atoms with Crippen LogP contribution in [0.4, 0.5) is 10.3 Å². The summed E-state index contributed by atoms with van der Waals surface area (Å²) in [6.45, 7) is 0.891. The third-order valence-electron chi connectivity index (χ3n) is 4.63. The molecule has 0 aliphatic heterocycles. The summed E-state index contributed by atoms with van der Waals surface area (Å²) >= 11 is 5.87. The van der Waals surface area contributed by atoms with Crippen molar-refractivity contribution < 1.29 is 4.39 Å². The van der Waals surface area contributed by atoms with E-state index in [1.165, 1.54) is 31.7 Å². The van der Waals surface area contributed by atoms with Crippen molar-refractivity contribution in [1.82, 2.24) is 9.55 Å². The van der Waals surface area contributed by atoms with Crippen molar-refractivity contribution in [1.29, 1.82) is 0 Å². The number of benzene rings is 1. The van der Waals surface area contributed by atoms with E-state index in [-0.39, 0.29) is 5.02 Å². The van der Waals surface area contributed by atoms with Gasteiger partial charge in [0, 0.05) is 12.6 Å². The monoisotopic (exact) mass is 279 g/mol. The summed E-state index contributed by atoms with van der Waals surface area (Å²) in [5.41, 5.74) is 7.85. The third-order valence-corrected chi connectivity index (χ3v) is 4.92. The Hall–Kier alpha value is -1.29. The van der Waals surface area contributed by atoms with E-state index in [0.717, 1.165) is 18.0 Å². The molecule has 2 N–H and O–H groups in total. The number of nitrogens with two attached hydrogens (primary N) is 1. The highest BCUT2D eigenvalue weighted by atomic mass is 35.5. The van der Waals surface area contributed by atoms with Crippen molar-refractivity contribution in [2.45, 2.75) is 32.2 Å². The van der Waals surface area contributed by atoms with Gasteiger partial charge in [0.25, 0.3) is 0 Å². The molecule has 100 valence electrons. The number of nitrogen functional groups attached to an aromatic ring is 1. The van der Waals surface area contributed by atoms with Crippen LogP contribution in [0.25, 0.3) is 11.0 Å². The zero-order valence-corrected chi connectivity index (χ0v) is 11.3. The summed E-state index contributed by atoms with van der Waals surface area (Å²) in [4.78, 5) is 4.25. The largest absolute Gasteiger partial charge is 0.369 e. The van der Waals surface area contributed by atoms with Crippen LogP contribution in [-0.4, -0.2) is 9.55 Å². The van der Waals surface area contributed by atoms with E-state index in [2.05, 4.69) is 4.98 Å². The first-order valence-corrected chi connectivity index (χ1v) is 7.08. The Morgan fingerprint density at radius 1 is 1.42 bits per heavy atom. The van der Waals surface area contributed by atoms with Crippen molar-refractivity contribution in [3.05, 3.63) is 23.0 Å². The molecule has 0 bridgehead atoms. The molecule has 1 heterocycles. The van der Waals surface area contributed by atoms with E-state index in [9.17, 15) is 4.39 Å². The van der Waals surface area contributed by atoms with Crippen LogP contribution in [-0.2, 0) is 6.54 Å². The molecule has 2 saturated carbocycles. The van der Waals surface area contributed by atoms with Gasteiger partial charge in [0.2, 0.25) is 5.95 Å². The number of hydrogen-bond donors (Lipinski definition) is 1. The van der Waals surface area contributed by atoms with Gasteiger partial charge in [0.05, 0.1) is 16.1 Å². The number of halogens is 2. The van der Waals surface area contributed by atoms with E-state index in [1.807, 2.05) is 4.57 Å². The fourth-order valence-electron chi connectivity index (χ4n) is 3.17. The number of aromatic nitrogens is 2. The zero-order chi connectivity index (χ0) is 13.2. The average molecular weight is 280 g/mol. The Morgan fingerprint density at radius 2 is 2.16 bits per heavy atom. The second kappa shape index (κ2) is 3.63. The Kier molecular flexibility index (Phi) is 2.20. The SMILES string of the molecule is Nc1nc2cc(F)c(Cl)cc2n1CC1(C2CC2)CC1. The van der Waals surface area contributed by atoms with Crippen LogP contribution in [0.5, 0.6) is 0 Å². The van der Waals surface area contributed by atoms with Gasteiger partial charge in [-0.15, -0.1) is 0 Å². The van der Waals surface area contributed by atoms with Crippen LogP contribution in [0.1, 0.15) is 25.7 Å². The molecule has 19 heavy (non-hydrogen) atoms. The first-order valence-electron chi connectivity index (χ1n) is 6.70. The maximum Gasteiger partial charge on any atom is 0.201 e. The first-order chi connectivity index (χ1) is 9.09. The van der Waals surface area contributed by atoms with Crippen LogP contribution in [0, 0.1) is 17.2 Å². The molecule has 0 atom stereocenters. The lowest BCUT2D eigenvalue weighted by Gasteiger charge is -2.16. The Bertz CT molecular complexity index is 671. The van der Waals surface area contributed by atoms with Crippen molar-refractivity contribution >= 4 is 28.6 Å². The van der Waals surface area contributed by atoms with Crippen molar-refractivity contribution in [3.8, 4) is 0 Å². The number of imidazole rings is 1. The smallest absolute Gasteiger partial charge is 0.201 e. The number of nitrogens with zero attached hydrogens (tertiary/aromatic N) is 2. The maximum absolute atomic E-state index is 13.5. The summed E-state index contributed by atoms with van der Waals surface area (Å²) in [6.07, 6.45) is 5.21. The lowest BCUT2D eigenvalue weighted by atomic mass is 10.0.